The summed E-state index contributed by atoms with van der Waals surface area (Å²) in [4.78, 5) is 6.41. The average molecular weight is 490 g/mol. The van der Waals surface area contributed by atoms with Crippen LogP contribution in [-0.2, 0) is 11.2 Å². The highest BCUT2D eigenvalue weighted by molar-refractivity contribution is 14.0. The van der Waals surface area contributed by atoms with Gasteiger partial charge >= 0.3 is 0 Å². The van der Waals surface area contributed by atoms with Crippen LogP contribution in [-0.4, -0.2) is 65.1 Å². The number of aliphatic hydroxyl groups is 1. The molecule has 0 radical (unpaired) electrons. The monoisotopic (exact) mass is 490 g/mol. The molecule has 0 aliphatic carbocycles. The van der Waals surface area contributed by atoms with Crippen molar-refractivity contribution < 1.29 is 9.84 Å². The summed E-state index contributed by atoms with van der Waals surface area (Å²) >= 11 is 0. The van der Waals surface area contributed by atoms with E-state index in [0.29, 0.717) is 6.61 Å². The number of aliphatic hydroxyl groups excluding tert-OH is 1. The van der Waals surface area contributed by atoms with Crippen LogP contribution in [0.2, 0.25) is 0 Å². The van der Waals surface area contributed by atoms with Gasteiger partial charge in [-0.05, 0) is 43.4 Å². The fourth-order valence-electron chi connectivity index (χ4n) is 3.26. The molecule has 1 atom stereocenters. The molecule has 1 fully saturated rings. The van der Waals surface area contributed by atoms with Crippen molar-refractivity contribution in [2.45, 2.75) is 25.7 Å². The van der Waals surface area contributed by atoms with Crippen molar-refractivity contribution >= 4 is 35.6 Å². The Bertz CT molecular complexity index is 558. The van der Waals surface area contributed by atoms with Gasteiger partial charge < -0.3 is 25.4 Å². The van der Waals surface area contributed by atoms with Crippen LogP contribution < -0.4 is 15.5 Å². The molecule has 1 unspecified atom stereocenters. The van der Waals surface area contributed by atoms with E-state index >= 15 is 0 Å². The van der Waals surface area contributed by atoms with E-state index in [1.54, 1.807) is 7.05 Å². The van der Waals surface area contributed by atoms with Gasteiger partial charge in [-0.2, -0.15) is 0 Å². The third-order valence-corrected chi connectivity index (χ3v) is 5.07. The predicted octanol–water partition coefficient (Wildman–Crippen LogP) is 2.26. The summed E-state index contributed by atoms with van der Waals surface area (Å²) in [6.45, 7) is 3.34. The maximum absolute atomic E-state index is 9.31. The van der Waals surface area contributed by atoms with Crippen molar-refractivity contribution in [3.05, 3.63) is 29.8 Å². The number of aryl methyl sites for hydroxylation is 1. The maximum Gasteiger partial charge on any atom is 0.190 e. The number of ether oxygens (including phenoxy) is 1. The fourth-order valence-corrected chi connectivity index (χ4v) is 3.26. The van der Waals surface area contributed by atoms with Crippen molar-refractivity contribution in [1.82, 2.24) is 10.6 Å². The molecule has 27 heavy (non-hydrogen) atoms. The summed E-state index contributed by atoms with van der Waals surface area (Å²) in [5.41, 5.74) is 2.61. The van der Waals surface area contributed by atoms with E-state index in [-0.39, 0.29) is 36.0 Å². The van der Waals surface area contributed by atoms with Crippen LogP contribution in [0, 0.1) is 5.41 Å². The van der Waals surface area contributed by atoms with E-state index in [4.69, 9.17) is 4.74 Å². The van der Waals surface area contributed by atoms with Crippen molar-refractivity contribution in [3.63, 3.8) is 0 Å². The van der Waals surface area contributed by atoms with Gasteiger partial charge in [0.1, 0.15) is 0 Å². The summed E-state index contributed by atoms with van der Waals surface area (Å²) in [6.07, 6.45) is 3.84. The first-order valence-electron chi connectivity index (χ1n) is 9.48. The molecule has 1 saturated heterocycles. The molecule has 1 aromatic rings. The third kappa shape index (κ3) is 7.83. The quantitative estimate of drug-likeness (QED) is 0.215. The van der Waals surface area contributed by atoms with Crippen LogP contribution in [0.1, 0.15) is 24.8 Å². The van der Waals surface area contributed by atoms with E-state index in [9.17, 15) is 5.11 Å². The first kappa shape index (κ1) is 24.0. The van der Waals surface area contributed by atoms with E-state index in [2.05, 4.69) is 58.9 Å². The first-order chi connectivity index (χ1) is 12.6. The molecule has 154 valence electrons. The van der Waals surface area contributed by atoms with E-state index in [1.165, 1.54) is 11.3 Å². The number of guanidine groups is 1. The molecule has 1 aliphatic rings. The van der Waals surface area contributed by atoms with Gasteiger partial charge in [-0.3, -0.25) is 4.99 Å². The van der Waals surface area contributed by atoms with Crippen molar-refractivity contribution in [2.24, 2.45) is 10.4 Å². The topological polar surface area (TPSA) is 69.1 Å². The number of nitrogens with zero attached hydrogens (tertiary/aromatic N) is 2. The molecule has 2 rings (SSSR count). The zero-order valence-corrected chi connectivity index (χ0v) is 19.2. The zero-order chi connectivity index (χ0) is 18.8. The summed E-state index contributed by atoms with van der Waals surface area (Å²) in [5.74, 6) is 0.817. The Morgan fingerprint density at radius 3 is 2.56 bits per heavy atom. The van der Waals surface area contributed by atoms with Gasteiger partial charge in [0.05, 0.1) is 6.61 Å². The molecule has 0 aromatic heterocycles. The molecular weight excluding hydrogens is 455 g/mol. The van der Waals surface area contributed by atoms with E-state index in [0.717, 1.165) is 51.3 Å². The number of hydrogen-bond acceptors (Lipinski definition) is 4. The van der Waals surface area contributed by atoms with Crippen LogP contribution in [0.3, 0.4) is 0 Å². The number of rotatable bonds is 9. The van der Waals surface area contributed by atoms with Crippen molar-refractivity contribution in [1.29, 1.82) is 0 Å². The Hall–Kier alpha value is -1.06. The van der Waals surface area contributed by atoms with Gasteiger partial charge in [-0.25, -0.2) is 0 Å². The minimum Gasteiger partial charge on any atom is -0.396 e. The van der Waals surface area contributed by atoms with E-state index in [1.807, 2.05) is 0 Å². The Balaban J connectivity index is 0.00000364. The van der Waals surface area contributed by atoms with Crippen LogP contribution in [0.5, 0.6) is 0 Å². The second-order valence-corrected chi connectivity index (χ2v) is 7.29. The Labute approximate surface area is 180 Å². The minimum atomic E-state index is 0. The lowest BCUT2D eigenvalue weighted by atomic mass is 9.84. The highest BCUT2D eigenvalue weighted by Gasteiger charge is 2.34. The van der Waals surface area contributed by atoms with Gasteiger partial charge in [-0.15, -0.1) is 24.0 Å². The number of nitrogens with one attached hydrogen (secondary N) is 2. The number of hydrogen-bond donors (Lipinski definition) is 3. The number of anilines is 1. The molecular formula is C20H35IN4O2. The maximum atomic E-state index is 9.31. The summed E-state index contributed by atoms with van der Waals surface area (Å²) in [5, 5.41) is 16.1. The second kappa shape index (κ2) is 12.4. The molecule has 1 aromatic carbocycles. The lowest BCUT2D eigenvalue weighted by molar-refractivity contribution is 0.127. The van der Waals surface area contributed by atoms with Crippen LogP contribution >= 0.6 is 24.0 Å². The predicted molar refractivity (Wildman–Crippen MR) is 123 cm³/mol. The van der Waals surface area contributed by atoms with Gasteiger partial charge in [-0.1, -0.05) is 12.1 Å². The largest absolute Gasteiger partial charge is 0.396 e. The standard InChI is InChI=1S/C20H34N4O2.HI/c1-21-19(23-15-20(10-13-25)11-14-26-16-20)22-12-4-5-17-6-8-18(9-7-17)24(2)3;/h6-9,25H,4-5,10-16H2,1-3H3,(H2,21,22,23);1H. The molecule has 1 aliphatic heterocycles. The highest BCUT2D eigenvalue weighted by Crippen LogP contribution is 2.31. The molecule has 7 heteroatoms. The zero-order valence-electron chi connectivity index (χ0n) is 16.8. The molecule has 0 saturated carbocycles. The number of benzene rings is 1. The summed E-state index contributed by atoms with van der Waals surface area (Å²) < 4.78 is 5.54. The van der Waals surface area contributed by atoms with Gasteiger partial charge in [0.2, 0.25) is 0 Å². The molecule has 0 amide bonds. The van der Waals surface area contributed by atoms with Crippen LogP contribution in [0.25, 0.3) is 0 Å². The number of halogens is 1. The lowest BCUT2D eigenvalue weighted by Gasteiger charge is -2.27. The molecule has 0 spiro atoms. The summed E-state index contributed by atoms with van der Waals surface area (Å²) in [6, 6.07) is 8.71. The van der Waals surface area contributed by atoms with Crippen molar-refractivity contribution in [3.8, 4) is 0 Å². The van der Waals surface area contributed by atoms with Gasteiger partial charge in [0.25, 0.3) is 0 Å². The summed E-state index contributed by atoms with van der Waals surface area (Å²) in [7, 11) is 5.90. The molecule has 0 bridgehead atoms. The van der Waals surface area contributed by atoms with Crippen LogP contribution in [0.15, 0.2) is 29.3 Å². The van der Waals surface area contributed by atoms with Gasteiger partial charge in [0.15, 0.2) is 5.96 Å². The Kier molecular flexibility index (Phi) is 11.0. The Morgan fingerprint density at radius 1 is 1.26 bits per heavy atom. The minimum absolute atomic E-state index is 0. The molecule has 6 nitrogen and oxygen atoms in total. The highest BCUT2D eigenvalue weighted by atomic mass is 127. The van der Waals surface area contributed by atoms with Gasteiger partial charge in [0, 0.05) is 58.5 Å². The van der Waals surface area contributed by atoms with E-state index < -0.39 is 0 Å². The normalized spacial score (nSPS) is 19.5. The Morgan fingerprint density at radius 2 is 2.00 bits per heavy atom. The first-order valence-corrected chi connectivity index (χ1v) is 9.48. The lowest BCUT2D eigenvalue weighted by Crippen LogP contribution is -2.44. The fraction of sp³-hybridized carbons (Fsp3) is 0.650. The van der Waals surface area contributed by atoms with Crippen LogP contribution in [0.4, 0.5) is 5.69 Å². The van der Waals surface area contributed by atoms with Crippen molar-refractivity contribution in [2.75, 3.05) is 59.0 Å². The number of aliphatic imine (C=N–C) groups is 1. The molecule has 1 heterocycles. The molecule has 3 N–H and O–H groups in total. The SMILES string of the molecule is CN=C(NCCCc1ccc(N(C)C)cc1)NCC1(CCO)CCOC1.I. The second-order valence-electron chi connectivity index (χ2n) is 7.29. The average Bonchev–Trinajstić information content (AvgIpc) is 3.10. The third-order valence-electron chi connectivity index (χ3n) is 5.07. The smallest absolute Gasteiger partial charge is 0.190 e.